The number of methoxy groups -OCH3 is 1. The predicted molar refractivity (Wildman–Crippen MR) is 98.9 cm³/mol. The summed E-state index contributed by atoms with van der Waals surface area (Å²) in [6.07, 6.45) is 0.464. The Hall–Kier alpha value is -3.06. The van der Waals surface area contributed by atoms with E-state index in [-0.39, 0.29) is 12.5 Å². The Bertz CT molecular complexity index is 731. The Morgan fingerprint density at radius 3 is 2.42 bits per heavy atom. The van der Waals surface area contributed by atoms with Gasteiger partial charge in [0.25, 0.3) is 0 Å². The normalized spacial score (nSPS) is 10.2. The maximum absolute atomic E-state index is 12.1. The van der Waals surface area contributed by atoms with Gasteiger partial charge in [-0.25, -0.2) is 4.79 Å². The zero-order valence-corrected chi connectivity index (χ0v) is 14.5. The molecule has 7 nitrogen and oxygen atoms in total. The molecule has 2 rings (SSSR count). The van der Waals surface area contributed by atoms with E-state index < -0.39 is 5.97 Å². The van der Waals surface area contributed by atoms with Crippen molar-refractivity contribution in [3.8, 4) is 5.75 Å². The number of anilines is 2. The Morgan fingerprint density at radius 2 is 1.73 bits per heavy atom. The largest absolute Gasteiger partial charge is 0.491 e. The second kappa shape index (κ2) is 10.0. The quantitative estimate of drug-likeness (QED) is 0.597. The first-order valence-corrected chi connectivity index (χ1v) is 8.17. The van der Waals surface area contributed by atoms with E-state index >= 15 is 0 Å². The van der Waals surface area contributed by atoms with Gasteiger partial charge in [-0.05, 0) is 48.4 Å². The number of hydrogen-bond acceptors (Lipinski definition) is 4. The molecule has 0 saturated heterocycles. The van der Waals surface area contributed by atoms with Crippen molar-refractivity contribution in [1.82, 2.24) is 0 Å². The van der Waals surface area contributed by atoms with Crippen LogP contribution in [0.5, 0.6) is 5.75 Å². The number of aliphatic carboxylic acids is 1. The molecule has 0 atom stereocenters. The smallest absolute Gasteiger partial charge is 0.323 e. The highest BCUT2D eigenvalue weighted by molar-refractivity contribution is 5.99. The summed E-state index contributed by atoms with van der Waals surface area (Å²) in [6, 6.07) is 13.7. The van der Waals surface area contributed by atoms with Gasteiger partial charge in [-0.15, -0.1) is 0 Å². The van der Waals surface area contributed by atoms with Crippen LogP contribution in [0.25, 0.3) is 0 Å². The topological polar surface area (TPSA) is 96.9 Å². The van der Waals surface area contributed by atoms with Crippen molar-refractivity contribution in [2.45, 2.75) is 12.8 Å². The van der Waals surface area contributed by atoms with Gasteiger partial charge in [0.2, 0.25) is 0 Å². The molecule has 0 radical (unpaired) electrons. The Labute approximate surface area is 151 Å². The van der Waals surface area contributed by atoms with E-state index in [9.17, 15) is 9.59 Å². The molecular weight excluding hydrogens is 336 g/mol. The number of nitrogens with one attached hydrogen (secondary N) is 2. The first-order chi connectivity index (χ1) is 12.6. The van der Waals surface area contributed by atoms with Gasteiger partial charge in [0.05, 0.1) is 6.61 Å². The molecule has 138 valence electrons. The zero-order valence-electron chi connectivity index (χ0n) is 14.5. The number of carbonyl (C=O) groups excluding carboxylic acids is 1. The number of hydrogen-bond donors (Lipinski definition) is 3. The van der Waals surface area contributed by atoms with Gasteiger partial charge >= 0.3 is 12.0 Å². The van der Waals surface area contributed by atoms with Crippen LogP contribution in [0.4, 0.5) is 16.2 Å². The molecule has 0 bridgehead atoms. The first-order valence-electron chi connectivity index (χ1n) is 8.17. The van der Waals surface area contributed by atoms with Gasteiger partial charge in [0.1, 0.15) is 12.4 Å². The highest BCUT2D eigenvalue weighted by atomic mass is 16.5. The summed E-state index contributed by atoms with van der Waals surface area (Å²) in [6.45, 7) is 0.968. The van der Waals surface area contributed by atoms with Crippen molar-refractivity contribution in [1.29, 1.82) is 0 Å². The molecule has 0 aliphatic rings. The van der Waals surface area contributed by atoms with E-state index in [4.69, 9.17) is 14.6 Å². The molecule has 0 aliphatic heterocycles. The number of urea groups is 1. The number of aryl methyl sites for hydroxylation is 1. The second-order valence-corrected chi connectivity index (χ2v) is 5.54. The molecule has 0 unspecified atom stereocenters. The van der Waals surface area contributed by atoms with Gasteiger partial charge in [-0.2, -0.15) is 0 Å². The SMILES string of the molecule is COCCOc1ccc(NC(=O)Nc2cccc(CCC(=O)O)c2)cc1. The first kappa shape index (κ1) is 19.3. The number of benzene rings is 2. The third-order valence-electron chi connectivity index (χ3n) is 3.48. The molecule has 3 N–H and O–H groups in total. The maximum Gasteiger partial charge on any atom is 0.323 e. The highest BCUT2D eigenvalue weighted by Gasteiger charge is 2.05. The molecule has 7 heteroatoms. The number of carbonyl (C=O) groups is 2. The standard InChI is InChI=1S/C19H22N2O5/c1-25-11-12-26-17-8-6-15(7-9-17)20-19(24)21-16-4-2-3-14(13-16)5-10-18(22)23/h2-4,6-9,13H,5,10-12H2,1H3,(H,22,23)(H2,20,21,24). The van der Waals surface area contributed by atoms with Crippen molar-refractivity contribution in [2.24, 2.45) is 0 Å². The van der Waals surface area contributed by atoms with E-state index in [0.717, 1.165) is 5.56 Å². The monoisotopic (exact) mass is 358 g/mol. The van der Waals surface area contributed by atoms with Crippen LogP contribution in [0.1, 0.15) is 12.0 Å². The maximum atomic E-state index is 12.1. The number of amides is 2. The number of rotatable bonds is 9. The lowest BCUT2D eigenvalue weighted by atomic mass is 10.1. The van der Waals surface area contributed by atoms with Crippen molar-refractivity contribution in [3.63, 3.8) is 0 Å². The van der Waals surface area contributed by atoms with Crippen LogP contribution in [-0.4, -0.2) is 37.4 Å². The summed E-state index contributed by atoms with van der Waals surface area (Å²) in [5, 5.41) is 14.2. The molecular formula is C19H22N2O5. The van der Waals surface area contributed by atoms with Crippen LogP contribution < -0.4 is 15.4 Å². The average Bonchev–Trinajstić information content (AvgIpc) is 2.62. The van der Waals surface area contributed by atoms with E-state index in [1.54, 1.807) is 49.6 Å². The summed E-state index contributed by atoms with van der Waals surface area (Å²) in [7, 11) is 1.61. The lowest BCUT2D eigenvalue weighted by Gasteiger charge is -2.10. The van der Waals surface area contributed by atoms with Gasteiger partial charge in [0.15, 0.2) is 0 Å². The van der Waals surface area contributed by atoms with Gasteiger partial charge in [-0.3, -0.25) is 4.79 Å². The highest BCUT2D eigenvalue weighted by Crippen LogP contribution is 2.17. The van der Waals surface area contributed by atoms with Crippen LogP contribution in [0, 0.1) is 0 Å². The summed E-state index contributed by atoms with van der Waals surface area (Å²) < 4.78 is 10.4. The number of ether oxygens (including phenoxy) is 2. The molecule has 2 amide bonds. The molecule has 2 aromatic carbocycles. The molecule has 0 heterocycles. The van der Waals surface area contributed by atoms with Crippen LogP contribution in [0.3, 0.4) is 0 Å². The lowest BCUT2D eigenvalue weighted by Crippen LogP contribution is -2.19. The number of carboxylic acid groups (broad SMARTS) is 1. The zero-order chi connectivity index (χ0) is 18.8. The summed E-state index contributed by atoms with van der Waals surface area (Å²) in [5.74, 6) is -0.158. The summed E-state index contributed by atoms with van der Waals surface area (Å²) >= 11 is 0. The van der Waals surface area contributed by atoms with Gasteiger partial charge in [-0.1, -0.05) is 12.1 Å². The molecule has 26 heavy (non-hydrogen) atoms. The molecule has 2 aromatic rings. The fourth-order valence-corrected chi connectivity index (χ4v) is 2.23. The van der Waals surface area contributed by atoms with Crippen molar-refractivity contribution in [2.75, 3.05) is 31.0 Å². The van der Waals surface area contributed by atoms with E-state index in [1.165, 1.54) is 0 Å². The van der Waals surface area contributed by atoms with E-state index in [0.29, 0.717) is 36.8 Å². The molecule has 0 fully saturated rings. The minimum Gasteiger partial charge on any atom is -0.491 e. The summed E-state index contributed by atoms with van der Waals surface area (Å²) in [5.41, 5.74) is 2.08. The van der Waals surface area contributed by atoms with Crippen LogP contribution in [-0.2, 0) is 16.0 Å². The minimum absolute atomic E-state index is 0.0501. The molecule has 0 saturated carbocycles. The third-order valence-corrected chi connectivity index (χ3v) is 3.48. The molecule has 0 aromatic heterocycles. The fraction of sp³-hybridized carbons (Fsp3) is 0.263. The minimum atomic E-state index is -0.851. The fourth-order valence-electron chi connectivity index (χ4n) is 2.23. The van der Waals surface area contributed by atoms with Crippen molar-refractivity contribution < 1.29 is 24.2 Å². The van der Waals surface area contributed by atoms with Crippen molar-refractivity contribution in [3.05, 3.63) is 54.1 Å². The summed E-state index contributed by atoms with van der Waals surface area (Å²) in [4.78, 5) is 22.7. The van der Waals surface area contributed by atoms with Crippen LogP contribution in [0.2, 0.25) is 0 Å². The van der Waals surface area contributed by atoms with E-state index in [2.05, 4.69) is 10.6 Å². The van der Waals surface area contributed by atoms with Crippen LogP contribution in [0.15, 0.2) is 48.5 Å². The van der Waals surface area contributed by atoms with Gasteiger partial charge < -0.3 is 25.2 Å². The second-order valence-electron chi connectivity index (χ2n) is 5.54. The Morgan fingerprint density at radius 1 is 1.00 bits per heavy atom. The molecule has 0 aliphatic carbocycles. The Kier molecular flexibility index (Phi) is 7.45. The Balaban J connectivity index is 1.86. The lowest BCUT2D eigenvalue weighted by molar-refractivity contribution is -0.136. The third kappa shape index (κ3) is 6.82. The van der Waals surface area contributed by atoms with Gasteiger partial charge in [0, 0.05) is 24.9 Å². The number of carboxylic acids is 1. The van der Waals surface area contributed by atoms with E-state index in [1.807, 2.05) is 6.07 Å². The average molecular weight is 358 g/mol. The predicted octanol–water partition coefficient (Wildman–Crippen LogP) is 3.37. The molecule has 0 spiro atoms. The van der Waals surface area contributed by atoms with Crippen molar-refractivity contribution >= 4 is 23.4 Å². The van der Waals surface area contributed by atoms with Crippen LogP contribution >= 0.6 is 0 Å².